The fourth-order valence-electron chi connectivity index (χ4n) is 9.05. The van der Waals surface area contributed by atoms with Gasteiger partial charge in [0, 0.05) is 49.5 Å². The molecule has 0 saturated heterocycles. The van der Waals surface area contributed by atoms with E-state index in [-0.39, 0.29) is 0 Å². The summed E-state index contributed by atoms with van der Waals surface area (Å²) in [5, 5.41) is 8.23. The molecule has 0 amide bonds. The molecule has 0 aliphatic heterocycles. The number of rotatable bonds is 6. The average Bonchev–Trinajstić information content (AvgIpc) is 3.66. The van der Waals surface area contributed by atoms with Crippen LogP contribution < -0.4 is 0 Å². The molecule has 284 valence electrons. The zero-order chi connectivity index (χ0) is 40.3. The second kappa shape index (κ2) is 14.3. The van der Waals surface area contributed by atoms with E-state index >= 15 is 0 Å². The molecule has 12 aromatic rings. The molecule has 12 rings (SSSR count). The number of hydrogen-bond donors (Lipinski definition) is 0. The minimum absolute atomic E-state index is 0.705. The normalized spacial score (nSPS) is 11.6. The third-order valence-electron chi connectivity index (χ3n) is 12.0. The van der Waals surface area contributed by atoms with Crippen LogP contribution in [0.15, 0.2) is 218 Å². The van der Waals surface area contributed by atoms with E-state index < -0.39 is 0 Å². The van der Waals surface area contributed by atoms with Gasteiger partial charge in [-0.1, -0.05) is 170 Å². The summed E-state index contributed by atoms with van der Waals surface area (Å²) in [6.45, 7) is 0. The Kier molecular flexibility index (Phi) is 8.13. The summed E-state index contributed by atoms with van der Waals surface area (Å²) >= 11 is 0. The summed E-state index contributed by atoms with van der Waals surface area (Å²) in [5.41, 5.74) is 13.7. The lowest BCUT2D eigenvalue weighted by Gasteiger charge is -2.13. The first-order valence-electron chi connectivity index (χ1n) is 20.7. The van der Waals surface area contributed by atoms with E-state index in [0.29, 0.717) is 5.82 Å². The number of para-hydroxylation sites is 2. The smallest absolute Gasteiger partial charge is 0.160 e. The number of fused-ring (bicyclic) bond motifs is 7. The molecular formula is C57H36N4. The number of benzene rings is 9. The van der Waals surface area contributed by atoms with E-state index in [4.69, 9.17) is 15.0 Å². The molecule has 4 heteroatoms. The molecule has 0 aliphatic carbocycles. The van der Waals surface area contributed by atoms with Crippen LogP contribution in [-0.2, 0) is 0 Å². The number of aromatic nitrogens is 4. The fourth-order valence-corrected chi connectivity index (χ4v) is 9.05. The van der Waals surface area contributed by atoms with Crippen LogP contribution in [0.4, 0.5) is 0 Å². The topological polar surface area (TPSA) is 43.6 Å². The Morgan fingerprint density at radius 1 is 0.311 bits per heavy atom. The minimum Gasteiger partial charge on any atom is -0.309 e. The Labute approximate surface area is 352 Å². The minimum atomic E-state index is 0.705. The van der Waals surface area contributed by atoms with Gasteiger partial charge in [-0.25, -0.2) is 15.0 Å². The van der Waals surface area contributed by atoms with Gasteiger partial charge >= 0.3 is 0 Å². The van der Waals surface area contributed by atoms with Crippen molar-refractivity contribution in [1.82, 2.24) is 19.5 Å². The first-order valence-corrected chi connectivity index (χ1v) is 20.7. The van der Waals surface area contributed by atoms with Crippen LogP contribution >= 0.6 is 0 Å². The van der Waals surface area contributed by atoms with Gasteiger partial charge in [-0.2, -0.15) is 0 Å². The highest BCUT2D eigenvalue weighted by Gasteiger charge is 2.19. The number of pyridine rings is 1. The molecule has 0 bridgehead atoms. The average molecular weight is 777 g/mol. The van der Waals surface area contributed by atoms with Gasteiger partial charge < -0.3 is 4.57 Å². The van der Waals surface area contributed by atoms with Crippen LogP contribution in [0.5, 0.6) is 0 Å². The molecule has 61 heavy (non-hydrogen) atoms. The van der Waals surface area contributed by atoms with Crippen molar-refractivity contribution in [2.45, 2.75) is 0 Å². The second-order valence-corrected chi connectivity index (χ2v) is 15.6. The summed E-state index contributed by atoms with van der Waals surface area (Å²) in [6, 6.07) is 77.5. The van der Waals surface area contributed by atoms with Crippen molar-refractivity contribution in [3.05, 3.63) is 218 Å². The largest absolute Gasteiger partial charge is 0.309 e. The van der Waals surface area contributed by atoms with Gasteiger partial charge in [-0.3, -0.25) is 0 Å². The van der Waals surface area contributed by atoms with Crippen molar-refractivity contribution in [2.75, 3.05) is 0 Å². The highest BCUT2D eigenvalue weighted by molar-refractivity contribution is 6.20. The third kappa shape index (κ3) is 5.96. The van der Waals surface area contributed by atoms with Crippen LogP contribution in [0, 0.1) is 0 Å². The lowest BCUT2D eigenvalue weighted by Crippen LogP contribution is -1.96. The van der Waals surface area contributed by atoms with Gasteiger partial charge in [0.1, 0.15) is 0 Å². The summed E-state index contributed by atoms with van der Waals surface area (Å²) in [4.78, 5) is 15.5. The highest BCUT2D eigenvalue weighted by atomic mass is 15.0. The van der Waals surface area contributed by atoms with Crippen molar-refractivity contribution in [1.29, 1.82) is 0 Å². The molecule has 3 heterocycles. The van der Waals surface area contributed by atoms with Gasteiger partial charge in [0.25, 0.3) is 0 Å². The molecule has 3 aromatic heterocycles. The van der Waals surface area contributed by atoms with E-state index in [9.17, 15) is 0 Å². The van der Waals surface area contributed by atoms with Gasteiger partial charge in [0.05, 0.1) is 33.6 Å². The van der Waals surface area contributed by atoms with Crippen molar-refractivity contribution >= 4 is 54.3 Å². The Morgan fingerprint density at radius 2 is 0.951 bits per heavy atom. The Bertz CT molecular complexity index is 3560. The molecule has 0 radical (unpaired) electrons. The standard InChI is InChI=1S/C57H36N4/c1-5-16-38(17-6-1)52-36-53(60-57(59-52)40-20-9-3-10-21-40)42-29-28-37-22-15-26-44(47(37)32-42)41-30-31-46-49-34-48-45-25-13-14-27-51(45)58-56(39-18-7-2-8-19-39)50(48)35-55(49)61(54(46)33-41)43-23-11-4-12-24-43/h1-36H. The maximum atomic E-state index is 5.27. The summed E-state index contributed by atoms with van der Waals surface area (Å²) in [6.07, 6.45) is 0. The van der Waals surface area contributed by atoms with E-state index in [1.54, 1.807) is 0 Å². The van der Waals surface area contributed by atoms with Gasteiger partial charge in [-0.15, -0.1) is 0 Å². The van der Waals surface area contributed by atoms with Crippen molar-refractivity contribution < 1.29 is 0 Å². The molecule has 0 N–H and O–H groups in total. The lowest BCUT2D eigenvalue weighted by molar-refractivity contribution is 1.18. The Balaban J connectivity index is 1.08. The number of nitrogens with zero attached hydrogens (tertiary/aromatic N) is 4. The molecule has 4 nitrogen and oxygen atoms in total. The zero-order valence-electron chi connectivity index (χ0n) is 33.1. The maximum Gasteiger partial charge on any atom is 0.160 e. The fraction of sp³-hybridized carbons (Fsp3) is 0. The van der Waals surface area contributed by atoms with Crippen LogP contribution in [-0.4, -0.2) is 19.5 Å². The molecule has 0 aliphatic rings. The van der Waals surface area contributed by atoms with Gasteiger partial charge in [0.15, 0.2) is 5.82 Å². The SMILES string of the molecule is c1ccc(-c2cc(-c3ccc4cccc(-c5ccc6c7cc8c(cc7n(-c7ccccc7)c6c5)c(-c5ccccc5)nc5ccccc58)c4c3)nc(-c3ccccc3)n2)cc1. The van der Waals surface area contributed by atoms with Gasteiger partial charge in [-0.05, 0) is 75.8 Å². The Morgan fingerprint density at radius 3 is 1.72 bits per heavy atom. The van der Waals surface area contributed by atoms with Crippen LogP contribution in [0.2, 0.25) is 0 Å². The maximum absolute atomic E-state index is 5.27. The van der Waals surface area contributed by atoms with Crippen molar-refractivity contribution in [3.63, 3.8) is 0 Å². The molecule has 0 atom stereocenters. The monoisotopic (exact) mass is 776 g/mol. The molecule has 0 unspecified atom stereocenters. The van der Waals surface area contributed by atoms with Crippen molar-refractivity contribution in [3.8, 4) is 62.0 Å². The van der Waals surface area contributed by atoms with E-state index in [1.165, 1.54) is 32.5 Å². The quantitative estimate of drug-likeness (QED) is 0.158. The van der Waals surface area contributed by atoms with Gasteiger partial charge in [0.2, 0.25) is 0 Å². The van der Waals surface area contributed by atoms with E-state index in [1.807, 2.05) is 24.3 Å². The highest BCUT2D eigenvalue weighted by Crippen LogP contribution is 2.42. The number of hydrogen-bond acceptors (Lipinski definition) is 3. The van der Waals surface area contributed by atoms with E-state index in [2.05, 4.69) is 199 Å². The van der Waals surface area contributed by atoms with Crippen LogP contribution in [0.3, 0.4) is 0 Å². The third-order valence-corrected chi connectivity index (χ3v) is 12.0. The summed E-state index contributed by atoms with van der Waals surface area (Å²) < 4.78 is 2.42. The van der Waals surface area contributed by atoms with Crippen LogP contribution in [0.25, 0.3) is 116 Å². The van der Waals surface area contributed by atoms with Crippen LogP contribution in [0.1, 0.15) is 0 Å². The first kappa shape index (κ1) is 34.8. The van der Waals surface area contributed by atoms with Crippen molar-refractivity contribution in [2.24, 2.45) is 0 Å². The second-order valence-electron chi connectivity index (χ2n) is 15.6. The van der Waals surface area contributed by atoms with E-state index in [0.717, 1.165) is 77.9 Å². The summed E-state index contributed by atoms with van der Waals surface area (Å²) in [5.74, 6) is 0.705. The Hall–Kier alpha value is -8.21. The zero-order valence-corrected chi connectivity index (χ0v) is 33.1. The predicted octanol–water partition coefficient (Wildman–Crippen LogP) is 14.8. The molecule has 0 saturated carbocycles. The first-order chi connectivity index (χ1) is 30.2. The molecule has 9 aromatic carbocycles. The predicted molar refractivity (Wildman–Crippen MR) is 254 cm³/mol. The summed E-state index contributed by atoms with van der Waals surface area (Å²) in [7, 11) is 0. The molecule has 0 spiro atoms. The lowest BCUT2D eigenvalue weighted by atomic mass is 9.94. The molecule has 0 fully saturated rings. The molecular weight excluding hydrogens is 741 g/mol.